The van der Waals surface area contributed by atoms with Crippen molar-refractivity contribution in [3.63, 3.8) is 0 Å². The molecule has 0 aliphatic carbocycles. The van der Waals surface area contributed by atoms with Crippen LogP contribution in [0.25, 0.3) is 0 Å². The van der Waals surface area contributed by atoms with Crippen molar-refractivity contribution in [2.75, 3.05) is 26.2 Å². The number of rotatable bonds is 6. The van der Waals surface area contributed by atoms with Crippen LogP contribution in [0.2, 0.25) is 4.34 Å². The molecular weight excluding hydrogens is 310 g/mol. The molecule has 2 atom stereocenters. The molecule has 21 heavy (non-hydrogen) atoms. The summed E-state index contributed by atoms with van der Waals surface area (Å²) in [6.07, 6.45) is 1.84. The molecule has 2 rings (SSSR count). The van der Waals surface area contributed by atoms with E-state index in [1.54, 1.807) is 6.07 Å². The lowest BCUT2D eigenvalue weighted by molar-refractivity contribution is 0.113. The van der Waals surface area contributed by atoms with Crippen LogP contribution < -0.4 is 10.6 Å². The van der Waals surface area contributed by atoms with E-state index < -0.39 is 6.10 Å². The van der Waals surface area contributed by atoms with Crippen LogP contribution in [0.15, 0.2) is 17.1 Å². The van der Waals surface area contributed by atoms with E-state index >= 15 is 0 Å². The number of nitrogens with one attached hydrogen (secondary N) is 2. The Hall–Kier alpha value is -0.820. The third-order valence-corrected chi connectivity index (χ3v) is 4.54. The van der Waals surface area contributed by atoms with Crippen LogP contribution in [-0.2, 0) is 4.74 Å². The maximum absolute atomic E-state index is 10.1. The van der Waals surface area contributed by atoms with Gasteiger partial charge in [-0.25, -0.2) is 0 Å². The highest BCUT2D eigenvalue weighted by Gasteiger charge is 2.16. The first-order valence-electron chi connectivity index (χ1n) is 7.26. The number of hydrogen-bond acceptors (Lipinski definition) is 4. The third-order valence-electron chi connectivity index (χ3n) is 3.21. The van der Waals surface area contributed by atoms with E-state index in [4.69, 9.17) is 16.3 Å². The Balaban J connectivity index is 1.83. The fraction of sp³-hybridized carbons (Fsp3) is 0.643. The molecule has 2 unspecified atom stereocenters. The zero-order valence-corrected chi connectivity index (χ0v) is 13.7. The van der Waals surface area contributed by atoms with Gasteiger partial charge in [0, 0.05) is 24.6 Å². The highest BCUT2D eigenvalue weighted by Crippen LogP contribution is 2.26. The van der Waals surface area contributed by atoms with Gasteiger partial charge >= 0.3 is 0 Å². The summed E-state index contributed by atoms with van der Waals surface area (Å²) in [5.74, 6) is 0.703. The van der Waals surface area contributed by atoms with Crippen molar-refractivity contribution >= 4 is 28.9 Å². The van der Waals surface area contributed by atoms with E-state index in [9.17, 15) is 5.11 Å². The van der Waals surface area contributed by atoms with Crippen LogP contribution in [0.3, 0.4) is 0 Å². The van der Waals surface area contributed by atoms with Crippen LogP contribution in [0.5, 0.6) is 0 Å². The Morgan fingerprint density at radius 2 is 2.43 bits per heavy atom. The van der Waals surface area contributed by atoms with Gasteiger partial charge in [-0.05, 0) is 31.9 Å². The molecule has 0 saturated carbocycles. The molecule has 118 valence electrons. The summed E-state index contributed by atoms with van der Waals surface area (Å²) in [5, 5.41) is 16.5. The maximum Gasteiger partial charge on any atom is 0.191 e. The van der Waals surface area contributed by atoms with Crippen molar-refractivity contribution in [3.8, 4) is 0 Å². The zero-order valence-electron chi connectivity index (χ0n) is 12.1. The van der Waals surface area contributed by atoms with E-state index in [-0.39, 0.29) is 6.10 Å². The van der Waals surface area contributed by atoms with Gasteiger partial charge in [0.2, 0.25) is 0 Å². The third kappa shape index (κ3) is 5.47. The zero-order chi connectivity index (χ0) is 15.1. The van der Waals surface area contributed by atoms with Crippen molar-refractivity contribution in [1.82, 2.24) is 10.6 Å². The topological polar surface area (TPSA) is 65.9 Å². The van der Waals surface area contributed by atoms with Crippen LogP contribution in [-0.4, -0.2) is 43.4 Å². The lowest BCUT2D eigenvalue weighted by Crippen LogP contribution is -2.41. The van der Waals surface area contributed by atoms with E-state index in [2.05, 4.69) is 15.6 Å². The summed E-state index contributed by atoms with van der Waals surface area (Å²) < 4.78 is 6.25. The van der Waals surface area contributed by atoms with Crippen LogP contribution in [0.1, 0.15) is 30.7 Å². The first kappa shape index (κ1) is 16.5. The molecule has 7 heteroatoms. The molecule has 1 saturated heterocycles. The second kappa shape index (κ2) is 8.58. The Morgan fingerprint density at radius 1 is 1.57 bits per heavy atom. The lowest BCUT2D eigenvalue weighted by atomic mass is 10.2. The molecule has 0 amide bonds. The van der Waals surface area contributed by atoms with Gasteiger partial charge in [0.15, 0.2) is 5.96 Å². The van der Waals surface area contributed by atoms with E-state index in [0.29, 0.717) is 16.8 Å². The standard InChI is InChI=1S/C14H22ClN3O2S/c1-2-16-14(17-8-10-4-3-7-20-10)18-9-11(19)12-5-6-13(15)21-12/h5-6,10-11,19H,2-4,7-9H2,1H3,(H2,16,17,18). The highest BCUT2D eigenvalue weighted by atomic mass is 35.5. The molecule has 0 aromatic carbocycles. The summed E-state index contributed by atoms with van der Waals surface area (Å²) in [6.45, 7) is 4.68. The lowest BCUT2D eigenvalue weighted by Gasteiger charge is -2.15. The molecule has 1 aromatic heterocycles. The number of guanidine groups is 1. The number of hydrogen-bond donors (Lipinski definition) is 3. The summed E-state index contributed by atoms with van der Waals surface area (Å²) in [7, 11) is 0. The van der Waals surface area contributed by atoms with Crippen molar-refractivity contribution in [2.24, 2.45) is 4.99 Å². The van der Waals surface area contributed by atoms with Crippen LogP contribution in [0, 0.1) is 0 Å². The fourth-order valence-corrected chi connectivity index (χ4v) is 3.17. The van der Waals surface area contributed by atoms with Crippen molar-refractivity contribution in [1.29, 1.82) is 0 Å². The number of ether oxygens (including phenoxy) is 1. The van der Waals surface area contributed by atoms with Crippen LogP contribution >= 0.6 is 22.9 Å². The van der Waals surface area contributed by atoms with Crippen molar-refractivity contribution in [2.45, 2.75) is 32.0 Å². The average molecular weight is 332 g/mol. The van der Waals surface area contributed by atoms with Gasteiger partial charge in [0.1, 0.15) is 6.10 Å². The largest absolute Gasteiger partial charge is 0.386 e. The Kier molecular flexibility index (Phi) is 6.76. The molecule has 1 aliphatic rings. The highest BCUT2D eigenvalue weighted by molar-refractivity contribution is 7.16. The minimum absolute atomic E-state index is 0.259. The molecule has 0 spiro atoms. The Bertz CT molecular complexity index is 461. The van der Waals surface area contributed by atoms with Gasteiger partial charge < -0.3 is 20.5 Å². The van der Waals surface area contributed by atoms with Gasteiger partial charge in [-0.1, -0.05) is 11.6 Å². The molecule has 2 heterocycles. The minimum atomic E-state index is -0.624. The molecule has 3 N–H and O–H groups in total. The summed E-state index contributed by atoms with van der Waals surface area (Å²) in [4.78, 5) is 5.24. The number of aliphatic hydroxyl groups is 1. The monoisotopic (exact) mass is 331 g/mol. The van der Waals surface area contributed by atoms with Crippen molar-refractivity contribution in [3.05, 3.63) is 21.3 Å². The van der Waals surface area contributed by atoms with Gasteiger partial charge in [0.05, 0.1) is 17.0 Å². The van der Waals surface area contributed by atoms with Gasteiger partial charge in [-0.2, -0.15) is 0 Å². The number of halogens is 1. The van der Waals surface area contributed by atoms with E-state index in [1.807, 2.05) is 13.0 Å². The second-order valence-electron chi connectivity index (χ2n) is 4.89. The Morgan fingerprint density at radius 3 is 3.05 bits per heavy atom. The predicted molar refractivity (Wildman–Crippen MR) is 87.2 cm³/mol. The number of aliphatic imine (C=N–C) groups is 1. The van der Waals surface area contributed by atoms with E-state index in [0.717, 1.165) is 37.4 Å². The quantitative estimate of drug-likeness (QED) is 0.552. The summed E-state index contributed by atoms with van der Waals surface area (Å²) in [5.41, 5.74) is 0. The number of nitrogens with zero attached hydrogens (tertiary/aromatic N) is 1. The summed E-state index contributed by atoms with van der Waals surface area (Å²) >= 11 is 7.25. The molecule has 1 fully saturated rings. The normalized spacial score (nSPS) is 20.5. The molecule has 1 aromatic rings. The molecule has 1 aliphatic heterocycles. The van der Waals surface area contributed by atoms with Gasteiger partial charge in [0.25, 0.3) is 0 Å². The number of aliphatic hydroxyl groups excluding tert-OH is 1. The molecular formula is C14H22ClN3O2S. The minimum Gasteiger partial charge on any atom is -0.386 e. The average Bonchev–Trinajstić information content (AvgIpc) is 3.13. The van der Waals surface area contributed by atoms with E-state index in [1.165, 1.54) is 11.3 Å². The summed E-state index contributed by atoms with van der Waals surface area (Å²) in [6, 6.07) is 3.62. The van der Waals surface area contributed by atoms with Gasteiger partial charge in [-0.3, -0.25) is 4.99 Å². The fourth-order valence-electron chi connectivity index (χ4n) is 2.13. The maximum atomic E-state index is 10.1. The molecule has 0 radical (unpaired) electrons. The Labute approximate surface area is 134 Å². The second-order valence-corrected chi connectivity index (χ2v) is 6.64. The van der Waals surface area contributed by atoms with Gasteiger partial charge in [-0.15, -0.1) is 11.3 Å². The van der Waals surface area contributed by atoms with Crippen molar-refractivity contribution < 1.29 is 9.84 Å². The molecule has 0 bridgehead atoms. The molecule has 5 nitrogen and oxygen atoms in total. The first-order valence-corrected chi connectivity index (χ1v) is 8.45. The smallest absolute Gasteiger partial charge is 0.191 e. The predicted octanol–water partition coefficient (Wildman–Crippen LogP) is 2.17. The SMILES string of the molecule is CCNC(=NCC(O)c1ccc(Cl)s1)NCC1CCCO1. The number of thiophene rings is 1. The van der Waals surface area contributed by atoms with Crippen LogP contribution in [0.4, 0.5) is 0 Å². The first-order chi connectivity index (χ1) is 10.2.